The van der Waals surface area contributed by atoms with E-state index in [1.807, 2.05) is 37.3 Å². The summed E-state index contributed by atoms with van der Waals surface area (Å²) in [6, 6.07) is 11.9. The Morgan fingerprint density at radius 2 is 2.11 bits per heavy atom. The van der Waals surface area contributed by atoms with Crippen LogP contribution in [0.2, 0.25) is 5.02 Å². The molecule has 0 aliphatic rings. The molecular weight excluding hydrogens is 264 g/mol. The highest BCUT2D eigenvalue weighted by Gasteiger charge is 2.10. The van der Waals surface area contributed by atoms with Crippen molar-refractivity contribution in [2.24, 2.45) is 5.73 Å². The Kier molecular flexibility index (Phi) is 4.64. The average Bonchev–Trinajstić information content (AvgIpc) is 2.34. The molecule has 0 amide bonds. The van der Waals surface area contributed by atoms with Gasteiger partial charge in [0.05, 0.1) is 5.02 Å². The van der Waals surface area contributed by atoms with Gasteiger partial charge >= 0.3 is 0 Å². The zero-order chi connectivity index (χ0) is 13.0. The van der Waals surface area contributed by atoms with Crippen LogP contribution < -0.4 is 5.73 Å². The number of pyridine rings is 1. The van der Waals surface area contributed by atoms with Gasteiger partial charge in [-0.05, 0) is 37.1 Å². The summed E-state index contributed by atoms with van der Waals surface area (Å²) in [5, 5.41) is 1.69. The molecule has 4 heteroatoms. The second-order valence-corrected chi connectivity index (χ2v) is 5.62. The Hall–Kier alpha value is -1.03. The van der Waals surface area contributed by atoms with Crippen molar-refractivity contribution in [3.05, 3.63) is 53.2 Å². The Bertz CT molecular complexity index is 514. The summed E-state index contributed by atoms with van der Waals surface area (Å²) >= 11 is 7.86. The molecule has 0 saturated heterocycles. The van der Waals surface area contributed by atoms with Gasteiger partial charge in [-0.25, -0.2) is 4.98 Å². The Morgan fingerprint density at radius 1 is 1.28 bits per heavy atom. The minimum absolute atomic E-state index is 0.117. The number of hydrogen-bond acceptors (Lipinski definition) is 3. The molecule has 0 fully saturated rings. The Labute approximate surface area is 117 Å². The van der Waals surface area contributed by atoms with Crippen molar-refractivity contribution in [3.8, 4) is 0 Å². The monoisotopic (exact) mass is 278 g/mol. The van der Waals surface area contributed by atoms with E-state index in [0.29, 0.717) is 0 Å². The largest absolute Gasteiger partial charge is 0.328 e. The van der Waals surface area contributed by atoms with Crippen LogP contribution in [0.5, 0.6) is 0 Å². The molecule has 18 heavy (non-hydrogen) atoms. The highest BCUT2D eigenvalue weighted by atomic mass is 35.5. The Morgan fingerprint density at radius 3 is 2.78 bits per heavy atom. The molecule has 2 nitrogen and oxygen atoms in total. The van der Waals surface area contributed by atoms with Crippen LogP contribution in [0, 0.1) is 0 Å². The van der Waals surface area contributed by atoms with Gasteiger partial charge in [0.1, 0.15) is 5.03 Å². The minimum Gasteiger partial charge on any atom is -0.328 e. The van der Waals surface area contributed by atoms with Crippen LogP contribution in [-0.2, 0) is 6.42 Å². The SMILES string of the molecule is CC(N)Cc1cccc(Cl)c1Sc1ccccn1. The molecule has 2 N–H and O–H groups in total. The number of hydrogen-bond donors (Lipinski definition) is 1. The zero-order valence-electron chi connectivity index (χ0n) is 10.1. The lowest BCUT2D eigenvalue weighted by Crippen LogP contribution is -2.18. The van der Waals surface area contributed by atoms with Crippen LogP contribution >= 0.6 is 23.4 Å². The number of rotatable bonds is 4. The predicted molar refractivity (Wildman–Crippen MR) is 77.2 cm³/mol. The van der Waals surface area contributed by atoms with Crippen LogP contribution in [0.15, 0.2) is 52.5 Å². The highest BCUT2D eigenvalue weighted by molar-refractivity contribution is 7.99. The van der Waals surface area contributed by atoms with Crippen LogP contribution in [0.25, 0.3) is 0 Å². The summed E-state index contributed by atoms with van der Waals surface area (Å²) in [5.41, 5.74) is 7.04. The topological polar surface area (TPSA) is 38.9 Å². The number of benzene rings is 1. The van der Waals surface area contributed by atoms with E-state index in [4.69, 9.17) is 17.3 Å². The second kappa shape index (κ2) is 6.23. The standard InChI is InChI=1S/C14H15ClN2S/c1-10(16)9-11-5-4-6-12(15)14(11)18-13-7-2-3-8-17-13/h2-8,10H,9,16H2,1H3. The molecule has 0 bridgehead atoms. The normalized spacial score (nSPS) is 12.4. The summed E-state index contributed by atoms with van der Waals surface area (Å²) in [4.78, 5) is 5.36. The molecule has 1 unspecified atom stereocenters. The van der Waals surface area contributed by atoms with Gasteiger partial charge in [0, 0.05) is 17.1 Å². The van der Waals surface area contributed by atoms with Crippen molar-refractivity contribution in [1.29, 1.82) is 0 Å². The molecule has 0 aliphatic carbocycles. The molecule has 0 spiro atoms. The third kappa shape index (κ3) is 3.48. The third-order valence-electron chi connectivity index (χ3n) is 2.43. The average molecular weight is 279 g/mol. The lowest BCUT2D eigenvalue weighted by Gasteiger charge is -2.12. The quantitative estimate of drug-likeness (QED) is 0.925. The highest BCUT2D eigenvalue weighted by Crippen LogP contribution is 2.35. The first-order chi connectivity index (χ1) is 8.66. The van der Waals surface area contributed by atoms with Crippen LogP contribution in [-0.4, -0.2) is 11.0 Å². The van der Waals surface area contributed by atoms with E-state index in [-0.39, 0.29) is 6.04 Å². The lowest BCUT2D eigenvalue weighted by atomic mass is 10.1. The van der Waals surface area contributed by atoms with Crippen molar-refractivity contribution in [3.63, 3.8) is 0 Å². The molecular formula is C14H15ClN2S. The molecule has 0 aliphatic heterocycles. The predicted octanol–water partition coefficient (Wildman–Crippen LogP) is 3.78. The van der Waals surface area contributed by atoms with E-state index >= 15 is 0 Å². The number of aromatic nitrogens is 1. The third-order valence-corrected chi connectivity index (χ3v) is 4.00. The van der Waals surface area contributed by atoms with E-state index < -0.39 is 0 Å². The smallest absolute Gasteiger partial charge is 0.101 e. The fourth-order valence-electron chi connectivity index (χ4n) is 1.69. The van der Waals surface area contributed by atoms with Crippen LogP contribution in [0.1, 0.15) is 12.5 Å². The van der Waals surface area contributed by atoms with Gasteiger partial charge in [-0.2, -0.15) is 0 Å². The summed E-state index contributed by atoms with van der Waals surface area (Å²) in [5.74, 6) is 0. The minimum atomic E-state index is 0.117. The van der Waals surface area contributed by atoms with Gasteiger partial charge in [-0.3, -0.25) is 0 Å². The molecule has 2 aromatic rings. The summed E-state index contributed by atoms with van der Waals surface area (Å²) in [6.07, 6.45) is 2.60. The molecule has 0 saturated carbocycles. The van der Waals surface area contributed by atoms with Crippen molar-refractivity contribution in [2.75, 3.05) is 0 Å². The van der Waals surface area contributed by atoms with Crippen molar-refractivity contribution < 1.29 is 0 Å². The van der Waals surface area contributed by atoms with Gasteiger partial charge in [0.2, 0.25) is 0 Å². The zero-order valence-corrected chi connectivity index (χ0v) is 11.7. The first-order valence-electron chi connectivity index (χ1n) is 5.78. The van der Waals surface area contributed by atoms with Gasteiger partial charge in [0.25, 0.3) is 0 Å². The first kappa shape index (κ1) is 13.4. The maximum Gasteiger partial charge on any atom is 0.101 e. The maximum atomic E-state index is 6.27. The van der Waals surface area contributed by atoms with Crippen LogP contribution in [0.3, 0.4) is 0 Å². The van der Waals surface area contributed by atoms with Crippen molar-refractivity contribution >= 4 is 23.4 Å². The second-order valence-electron chi connectivity index (χ2n) is 4.18. The molecule has 1 aromatic heterocycles. The number of halogens is 1. The van der Waals surface area contributed by atoms with Crippen molar-refractivity contribution in [2.45, 2.75) is 29.3 Å². The molecule has 1 atom stereocenters. The van der Waals surface area contributed by atoms with Gasteiger partial charge < -0.3 is 5.73 Å². The lowest BCUT2D eigenvalue weighted by molar-refractivity contribution is 0.729. The first-order valence-corrected chi connectivity index (χ1v) is 6.98. The van der Waals surface area contributed by atoms with E-state index in [9.17, 15) is 0 Å². The summed E-state index contributed by atoms with van der Waals surface area (Å²) in [6.45, 7) is 2.00. The van der Waals surface area contributed by atoms with Gasteiger partial charge in [-0.1, -0.05) is 41.6 Å². The molecule has 2 rings (SSSR count). The number of nitrogens with zero attached hydrogens (tertiary/aromatic N) is 1. The van der Waals surface area contributed by atoms with Crippen molar-refractivity contribution in [1.82, 2.24) is 4.98 Å². The number of nitrogens with two attached hydrogens (primary N) is 1. The Balaban J connectivity index is 2.31. The van der Waals surface area contributed by atoms with E-state index in [1.54, 1.807) is 18.0 Å². The molecule has 0 radical (unpaired) electrons. The molecule has 1 aromatic carbocycles. The fourth-order valence-corrected chi connectivity index (χ4v) is 2.91. The molecule has 1 heterocycles. The van der Waals surface area contributed by atoms with E-state index in [1.165, 1.54) is 5.56 Å². The summed E-state index contributed by atoms with van der Waals surface area (Å²) < 4.78 is 0. The fraction of sp³-hybridized carbons (Fsp3) is 0.214. The van der Waals surface area contributed by atoms with Gasteiger partial charge in [-0.15, -0.1) is 0 Å². The van der Waals surface area contributed by atoms with Gasteiger partial charge in [0.15, 0.2) is 0 Å². The maximum absolute atomic E-state index is 6.27. The summed E-state index contributed by atoms with van der Waals surface area (Å²) in [7, 11) is 0. The molecule has 94 valence electrons. The van der Waals surface area contributed by atoms with Crippen LogP contribution in [0.4, 0.5) is 0 Å². The van der Waals surface area contributed by atoms with E-state index in [2.05, 4.69) is 11.1 Å². The van der Waals surface area contributed by atoms with E-state index in [0.717, 1.165) is 21.4 Å².